The maximum absolute atomic E-state index is 12.6. The molecule has 5 heteroatoms. The van der Waals surface area contributed by atoms with E-state index < -0.39 is 0 Å². The summed E-state index contributed by atoms with van der Waals surface area (Å²) in [7, 11) is 1.58. The minimum absolute atomic E-state index is 0.129. The smallest absolute Gasteiger partial charge is 0.258 e. The number of rotatable bonds is 8. The summed E-state index contributed by atoms with van der Waals surface area (Å²) < 4.78 is 11.1. The Labute approximate surface area is 171 Å². The second kappa shape index (κ2) is 10.1. The van der Waals surface area contributed by atoms with E-state index in [-0.39, 0.29) is 18.6 Å². The molecule has 0 saturated heterocycles. The van der Waals surface area contributed by atoms with Crippen LogP contribution in [0.25, 0.3) is 6.08 Å². The minimum atomic E-state index is -0.354. The number of carbonyl (C=O) groups is 1. The van der Waals surface area contributed by atoms with Gasteiger partial charge in [0.25, 0.3) is 5.91 Å². The Balaban J connectivity index is 1.71. The summed E-state index contributed by atoms with van der Waals surface area (Å²) in [4.78, 5) is 17.0. The number of hydrogen-bond acceptors (Lipinski definition) is 4. The average molecular weight is 388 g/mol. The van der Waals surface area contributed by atoms with E-state index >= 15 is 0 Å². The summed E-state index contributed by atoms with van der Waals surface area (Å²) in [5.41, 5.74) is 2.72. The maximum Gasteiger partial charge on any atom is 0.258 e. The highest BCUT2D eigenvalue weighted by molar-refractivity contribution is 5.78. The Morgan fingerprint density at radius 2 is 1.86 bits per heavy atom. The lowest BCUT2D eigenvalue weighted by molar-refractivity contribution is -0.123. The van der Waals surface area contributed by atoms with Crippen LogP contribution >= 0.6 is 0 Å². The number of aromatic nitrogens is 1. The van der Waals surface area contributed by atoms with Crippen LogP contribution in [0.1, 0.15) is 29.8 Å². The first-order valence-electron chi connectivity index (χ1n) is 9.40. The first-order chi connectivity index (χ1) is 14.2. The third kappa shape index (κ3) is 5.45. The number of benzene rings is 2. The number of nitrogens with one attached hydrogen (secondary N) is 1. The minimum Gasteiger partial charge on any atom is -0.493 e. The summed E-state index contributed by atoms with van der Waals surface area (Å²) in [5.74, 6) is 0.854. The van der Waals surface area contributed by atoms with Gasteiger partial charge in [-0.05, 0) is 42.3 Å². The van der Waals surface area contributed by atoms with Crippen LogP contribution in [0, 0.1) is 0 Å². The maximum atomic E-state index is 12.6. The van der Waals surface area contributed by atoms with Crippen LogP contribution in [-0.2, 0) is 4.79 Å². The monoisotopic (exact) mass is 388 g/mol. The number of methoxy groups -OCH3 is 1. The van der Waals surface area contributed by atoms with Crippen LogP contribution in [0.3, 0.4) is 0 Å². The average Bonchev–Trinajstić information content (AvgIpc) is 2.78. The molecule has 2 aromatic carbocycles. The van der Waals surface area contributed by atoms with Crippen LogP contribution in [0.2, 0.25) is 0 Å². The Morgan fingerprint density at radius 1 is 1.07 bits per heavy atom. The molecule has 1 aromatic heterocycles. The van der Waals surface area contributed by atoms with Gasteiger partial charge in [0.05, 0.1) is 18.8 Å². The quantitative estimate of drug-likeness (QED) is 0.621. The molecule has 0 saturated carbocycles. The molecule has 5 nitrogen and oxygen atoms in total. The first kappa shape index (κ1) is 20.1. The molecule has 1 unspecified atom stereocenters. The van der Waals surface area contributed by atoms with Gasteiger partial charge < -0.3 is 14.8 Å². The van der Waals surface area contributed by atoms with Gasteiger partial charge in [-0.3, -0.25) is 9.78 Å². The predicted octanol–water partition coefficient (Wildman–Crippen LogP) is 4.41. The third-order valence-corrected chi connectivity index (χ3v) is 4.33. The second-order valence-corrected chi connectivity index (χ2v) is 6.36. The van der Waals surface area contributed by atoms with Crippen LogP contribution in [-0.4, -0.2) is 24.6 Å². The van der Waals surface area contributed by atoms with Crippen molar-refractivity contribution in [1.82, 2.24) is 10.3 Å². The molecule has 3 rings (SSSR count). The second-order valence-electron chi connectivity index (χ2n) is 6.36. The summed E-state index contributed by atoms with van der Waals surface area (Å²) in [6.45, 7) is 1.82. The Bertz CT molecular complexity index is 917. The molecule has 1 amide bonds. The number of ether oxygens (including phenoxy) is 2. The van der Waals surface area contributed by atoms with Crippen molar-refractivity contribution in [1.29, 1.82) is 0 Å². The molecule has 0 aliphatic heterocycles. The van der Waals surface area contributed by atoms with E-state index in [1.807, 2.05) is 79.7 Å². The molecule has 1 atom stereocenters. The van der Waals surface area contributed by atoms with Gasteiger partial charge in [-0.15, -0.1) is 0 Å². The third-order valence-electron chi connectivity index (χ3n) is 4.33. The van der Waals surface area contributed by atoms with E-state index in [0.29, 0.717) is 11.5 Å². The van der Waals surface area contributed by atoms with Crippen molar-refractivity contribution in [3.8, 4) is 11.5 Å². The fraction of sp³-hybridized carbons (Fsp3) is 0.167. The summed E-state index contributed by atoms with van der Waals surface area (Å²) in [6.07, 6.45) is 5.63. The number of allylic oxidation sites excluding steroid dienone is 1. The van der Waals surface area contributed by atoms with Gasteiger partial charge in [-0.25, -0.2) is 0 Å². The largest absolute Gasteiger partial charge is 0.493 e. The van der Waals surface area contributed by atoms with Crippen LogP contribution in [0.15, 0.2) is 79.0 Å². The van der Waals surface area contributed by atoms with E-state index in [9.17, 15) is 4.79 Å². The van der Waals surface area contributed by atoms with Gasteiger partial charge in [0.1, 0.15) is 0 Å². The van der Waals surface area contributed by atoms with Crippen molar-refractivity contribution in [2.45, 2.75) is 13.0 Å². The molecular formula is C24H24N2O3. The SMILES string of the molecule is C/C=C/c1ccc(OCC(=O)NC(c2ccccc2)c2ccccn2)c(OC)c1. The Kier molecular flexibility index (Phi) is 7.00. The topological polar surface area (TPSA) is 60.5 Å². The van der Waals surface area contributed by atoms with Crippen molar-refractivity contribution < 1.29 is 14.3 Å². The lowest BCUT2D eigenvalue weighted by atomic mass is 10.0. The van der Waals surface area contributed by atoms with Crippen molar-refractivity contribution >= 4 is 12.0 Å². The highest BCUT2D eigenvalue weighted by Crippen LogP contribution is 2.28. The van der Waals surface area contributed by atoms with E-state index in [1.165, 1.54) is 0 Å². The fourth-order valence-electron chi connectivity index (χ4n) is 2.97. The summed E-state index contributed by atoms with van der Waals surface area (Å²) >= 11 is 0. The molecule has 0 bridgehead atoms. The van der Waals surface area contributed by atoms with Gasteiger partial charge in [0.15, 0.2) is 18.1 Å². The lowest BCUT2D eigenvalue weighted by Crippen LogP contribution is -2.33. The van der Waals surface area contributed by atoms with E-state index in [2.05, 4.69) is 10.3 Å². The van der Waals surface area contributed by atoms with Crippen molar-refractivity contribution in [3.05, 3.63) is 95.8 Å². The molecule has 1 heterocycles. The number of carbonyl (C=O) groups excluding carboxylic acids is 1. The van der Waals surface area contributed by atoms with E-state index in [4.69, 9.17) is 9.47 Å². The Hall–Kier alpha value is -3.60. The van der Waals surface area contributed by atoms with Gasteiger partial charge in [-0.2, -0.15) is 0 Å². The number of pyridine rings is 1. The number of amides is 1. The zero-order valence-corrected chi connectivity index (χ0v) is 16.5. The molecule has 148 valence electrons. The Morgan fingerprint density at radius 3 is 2.55 bits per heavy atom. The first-order valence-corrected chi connectivity index (χ1v) is 9.40. The molecule has 0 aliphatic rings. The van der Waals surface area contributed by atoms with Crippen molar-refractivity contribution in [2.75, 3.05) is 13.7 Å². The van der Waals surface area contributed by atoms with Crippen molar-refractivity contribution in [2.24, 2.45) is 0 Å². The highest BCUT2D eigenvalue weighted by atomic mass is 16.5. The van der Waals surface area contributed by atoms with Gasteiger partial charge in [-0.1, -0.05) is 54.6 Å². The summed E-state index contributed by atoms with van der Waals surface area (Å²) in [5, 5.41) is 3.01. The molecule has 29 heavy (non-hydrogen) atoms. The number of hydrogen-bond donors (Lipinski definition) is 1. The van der Waals surface area contributed by atoms with Gasteiger partial charge in [0, 0.05) is 6.20 Å². The standard InChI is InChI=1S/C24H24N2O3/c1-3-9-18-13-14-21(22(16-18)28-2)29-17-23(27)26-24(19-10-5-4-6-11-19)20-12-7-8-15-25-20/h3-16,24H,17H2,1-2H3,(H,26,27)/b9-3+. The molecule has 1 N–H and O–H groups in total. The van der Waals surface area contributed by atoms with Crippen LogP contribution in [0.5, 0.6) is 11.5 Å². The fourth-order valence-corrected chi connectivity index (χ4v) is 2.97. The normalized spacial score (nSPS) is 11.8. The molecule has 0 fully saturated rings. The van der Waals surface area contributed by atoms with Crippen LogP contribution < -0.4 is 14.8 Å². The lowest BCUT2D eigenvalue weighted by Gasteiger charge is -2.19. The van der Waals surface area contributed by atoms with Crippen LogP contribution in [0.4, 0.5) is 0 Å². The zero-order valence-electron chi connectivity index (χ0n) is 16.5. The molecule has 0 spiro atoms. The predicted molar refractivity (Wildman–Crippen MR) is 114 cm³/mol. The van der Waals surface area contributed by atoms with E-state index in [0.717, 1.165) is 16.8 Å². The highest BCUT2D eigenvalue weighted by Gasteiger charge is 2.18. The molecular weight excluding hydrogens is 364 g/mol. The molecule has 0 aliphatic carbocycles. The van der Waals surface area contributed by atoms with E-state index in [1.54, 1.807) is 19.4 Å². The molecule has 0 radical (unpaired) electrons. The number of nitrogens with zero attached hydrogens (tertiary/aromatic N) is 1. The summed E-state index contributed by atoms with van der Waals surface area (Å²) in [6, 6.07) is 20.6. The van der Waals surface area contributed by atoms with Gasteiger partial charge >= 0.3 is 0 Å². The van der Waals surface area contributed by atoms with Gasteiger partial charge in [0.2, 0.25) is 0 Å². The van der Waals surface area contributed by atoms with Crippen molar-refractivity contribution in [3.63, 3.8) is 0 Å². The zero-order chi connectivity index (χ0) is 20.5. The molecule has 3 aromatic rings.